The highest BCUT2D eigenvalue weighted by molar-refractivity contribution is 6.64. The third kappa shape index (κ3) is 4.54. The van der Waals surface area contributed by atoms with E-state index in [-0.39, 0.29) is 16.6 Å². The number of rotatable bonds is 6. The maximum atomic E-state index is 10.9. The summed E-state index contributed by atoms with van der Waals surface area (Å²) in [6.45, 7) is 1.53. The second-order valence-corrected chi connectivity index (χ2v) is 5.15. The zero-order chi connectivity index (χ0) is 17.0. The van der Waals surface area contributed by atoms with Crippen molar-refractivity contribution in [1.82, 2.24) is 4.98 Å². The maximum Gasteiger partial charge on any atom is 0.289 e. The smallest absolute Gasteiger partial charge is 0.289 e. The van der Waals surface area contributed by atoms with Crippen LogP contribution in [0.1, 0.15) is 6.92 Å². The van der Waals surface area contributed by atoms with Crippen LogP contribution < -0.4 is 9.47 Å². The number of benzene rings is 1. The first-order chi connectivity index (χ1) is 10.9. The number of carbonyl (C=O) groups excluding carboxylic acids is 1. The third-order valence-corrected chi connectivity index (χ3v) is 3.25. The van der Waals surface area contributed by atoms with Crippen molar-refractivity contribution in [3.05, 3.63) is 51.7 Å². The SMILES string of the molecule is CC(Oc1ccc(Oc2ncc([N+](=O)[O-])cc2Cl)cc1)C(=O)Cl. The lowest BCUT2D eigenvalue weighted by molar-refractivity contribution is -0.385. The molecule has 0 amide bonds. The normalized spacial score (nSPS) is 11.6. The number of ether oxygens (including phenoxy) is 2. The zero-order valence-electron chi connectivity index (χ0n) is 11.7. The second-order valence-electron chi connectivity index (χ2n) is 4.38. The molecule has 0 saturated carbocycles. The minimum absolute atomic E-state index is 0.0147. The summed E-state index contributed by atoms with van der Waals surface area (Å²) in [4.78, 5) is 24.7. The molecule has 0 aliphatic rings. The van der Waals surface area contributed by atoms with E-state index in [9.17, 15) is 14.9 Å². The van der Waals surface area contributed by atoms with Gasteiger partial charge in [-0.15, -0.1) is 0 Å². The Kier molecular flexibility index (Phi) is 5.36. The summed E-state index contributed by atoms with van der Waals surface area (Å²) in [6, 6.07) is 7.44. The molecule has 120 valence electrons. The van der Waals surface area contributed by atoms with Gasteiger partial charge in [0.05, 0.1) is 4.92 Å². The lowest BCUT2D eigenvalue weighted by Gasteiger charge is -2.11. The van der Waals surface area contributed by atoms with Crippen LogP contribution in [0.4, 0.5) is 5.69 Å². The van der Waals surface area contributed by atoms with E-state index in [1.807, 2.05) is 0 Å². The Morgan fingerprint density at radius 1 is 1.30 bits per heavy atom. The molecular weight excluding hydrogens is 347 g/mol. The number of nitro groups is 1. The van der Waals surface area contributed by atoms with Gasteiger partial charge in [-0.1, -0.05) is 11.6 Å². The van der Waals surface area contributed by atoms with Gasteiger partial charge in [-0.2, -0.15) is 0 Å². The van der Waals surface area contributed by atoms with E-state index in [0.717, 1.165) is 12.3 Å². The first kappa shape index (κ1) is 17.0. The molecule has 0 spiro atoms. The zero-order valence-corrected chi connectivity index (χ0v) is 13.2. The number of hydrogen-bond donors (Lipinski definition) is 0. The molecule has 1 aromatic heterocycles. The Bertz CT molecular complexity index is 736. The summed E-state index contributed by atoms with van der Waals surface area (Å²) in [6.07, 6.45) is 0.279. The number of aromatic nitrogens is 1. The van der Waals surface area contributed by atoms with E-state index in [0.29, 0.717) is 11.5 Å². The molecule has 1 aromatic carbocycles. The molecule has 1 unspecified atom stereocenters. The summed E-state index contributed by atoms with van der Waals surface area (Å²) in [7, 11) is 0. The lowest BCUT2D eigenvalue weighted by atomic mass is 10.3. The molecule has 1 heterocycles. The molecule has 1 atom stereocenters. The van der Waals surface area contributed by atoms with E-state index < -0.39 is 16.3 Å². The van der Waals surface area contributed by atoms with Crippen LogP contribution in [0.5, 0.6) is 17.4 Å². The van der Waals surface area contributed by atoms with Crippen molar-refractivity contribution in [2.75, 3.05) is 0 Å². The highest BCUT2D eigenvalue weighted by Gasteiger charge is 2.14. The quantitative estimate of drug-likeness (QED) is 0.441. The van der Waals surface area contributed by atoms with Crippen LogP contribution in [-0.2, 0) is 4.79 Å². The van der Waals surface area contributed by atoms with Gasteiger partial charge in [-0.25, -0.2) is 4.98 Å². The highest BCUT2D eigenvalue weighted by Crippen LogP contribution is 2.30. The fourth-order valence-electron chi connectivity index (χ4n) is 1.54. The first-order valence-electron chi connectivity index (χ1n) is 6.30. The fraction of sp³-hybridized carbons (Fsp3) is 0.143. The van der Waals surface area contributed by atoms with Crippen molar-refractivity contribution in [3.8, 4) is 17.4 Å². The summed E-state index contributed by atoms with van der Waals surface area (Å²) in [5, 5.41) is 10.0. The van der Waals surface area contributed by atoms with Gasteiger partial charge in [-0.3, -0.25) is 14.9 Å². The molecule has 23 heavy (non-hydrogen) atoms. The molecule has 7 nitrogen and oxygen atoms in total. The molecule has 2 aromatic rings. The molecule has 0 aliphatic heterocycles. The van der Waals surface area contributed by atoms with Crippen molar-refractivity contribution in [1.29, 1.82) is 0 Å². The number of pyridine rings is 1. The average Bonchev–Trinajstić information content (AvgIpc) is 2.50. The number of halogens is 2. The van der Waals surface area contributed by atoms with Gasteiger partial charge in [-0.05, 0) is 42.8 Å². The topological polar surface area (TPSA) is 91.6 Å². The number of nitrogens with zero attached hydrogens (tertiary/aromatic N) is 2. The molecule has 9 heteroatoms. The van der Waals surface area contributed by atoms with Gasteiger partial charge in [0.15, 0.2) is 6.10 Å². The van der Waals surface area contributed by atoms with E-state index in [1.54, 1.807) is 24.3 Å². The maximum absolute atomic E-state index is 10.9. The Labute approximate surface area is 140 Å². The predicted octanol–water partition coefficient (Wildman–Crippen LogP) is 3.97. The second kappa shape index (κ2) is 7.26. The van der Waals surface area contributed by atoms with Crippen LogP contribution in [0.3, 0.4) is 0 Å². The third-order valence-electron chi connectivity index (χ3n) is 2.67. The summed E-state index contributed by atoms with van der Waals surface area (Å²) < 4.78 is 10.7. The van der Waals surface area contributed by atoms with Crippen molar-refractivity contribution in [3.63, 3.8) is 0 Å². The number of carbonyl (C=O) groups is 1. The standard InChI is InChI=1S/C14H10Cl2N2O5/c1-8(13(16)19)22-10-2-4-11(5-3-10)23-14-12(15)6-9(7-17-14)18(20)21/h2-8H,1H3. The van der Waals surface area contributed by atoms with Crippen LogP contribution in [0.15, 0.2) is 36.5 Å². The molecule has 0 radical (unpaired) electrons. The van der Waals surface area contributed by atoms with Crippen molar-refractivity contribution in [2.24, 2.45) is 0 Å². The molecule has 0 saturated heterocycles. The molecule has 0 fully saturated rings. The lowest BCUT2D eigenvalue weighted by Crippen LogP contribution is -2.18. The van der Waals surface area contributed by atoms with Crippen LogP contribution in [-0.4, -0.2) is 21.3 Å². The van der Waals surface area contributed by atoms with Gasteiger partial charge in [0.25, 0.3) is 10.9 Å². The Hall–Kier alpha value is -2.38. The van der Waals surface area contributed by atoms with Gasteiger partial charge >= 0.3 is 0 Å². The highest BCUT2D eigenvalue weighted by atomic mass is 35.5. The van der Waals surface area contributed by atoms with E-state index in [4.69, 9.17) is 32.7 Å². The minimum Gasteiger partial charge on any atom is -0.482 e. The van der Waals surface area contributed by atoms with Crippen LogP contribution in [0.25, 0.3) is 0 Å². The molecular formula is C14H10Cl2N2O5. The van der Waals surface area contributed by atoms with Gasteiger partial charge in [0, 0.05) is 6.07 Å². The fourth-order valence-corrected chi connectivity index (χ4v) is 1.78. The Balaban J connectivity index is 2.09. The average molecular weight is 357 g/mol. The summed E-state index contributed by atoms with van der Waals surface area (Å²) >= 11 is 11.2. The summed E-state index contributed by atoms with van der Waals surface area (Å²) in [5.41, 5.74) is -0.231. The predicted molar refractivity (Wildman–Crippen MR) is 83.4 cm³/mol. The Morgan fingerprint density at radius 3 is 2.43 bits per heavy atom. The molecule has 0 N–H and O–H groups in total. The van der Waals surface area contributed by atoms with Crippen LogP contribution in [0, 0.1) is 10.1 Å². The van der Waals surface area contributed by atoms with E-state index >= 15 is 0 Å². The summed E-state index contributed by atoms with van der Waals surface area (Å²) in [5.74, 6) is 0.863. The van der Waals surface area contributed by atoms with Crippen molar-refractivity contribution >= 4 is 34.1 Å². The van der Waals surface area contributed by atoms with Crippen LogP contribution >= 0.6 is 23.2 Å². The van der Waals surface area contributed by atoms with Gasteiger partial charge in [0.1, 0.15) is 22.7 Å². The van der Waals surface area contributed by atoms with E-state index in [1.165, 1.54) is 6.92 Å². The minimum atomic E-state index is -0.769. The van der Waals surface area contributed by atoms with Crippen molar-refractivity contribution < 1.29 is 19.2 Å². The van der Waals surface area contributed by atoms with Gasteiger partial charge < -0.3 is 9.47 Å². The monoisotopic (exact) mass is 356 g/mol. The van der Waals surface area contributed by atoms with Crippen molar-refractivity contribution in [2.45, 2.75) is 13.0 Å². The Morgan fingerprint density at radius 2 is 1.91 bits per heavy atom. The molecule has 0 bridgehead atoms. The van der Waals surface area contributed by atoms with Crippen LogP contribution in [0.2, 0.25) is 5.02 Å². The van der Waals surface area contributed by atoms with E-state index in [2.05, 4.69) is 4.98 Å². The first-order valence-corrected chi connectivity index (χ1v) is 7.06. The largest absolute Gasteiger partial charge is 0.482 e. The number of hydrogen-bond acceptors (Lipinski definition) is 6. The molecule has 0 aliphatic carbocycles. The van der Waals surface area contributed by atoms with Gasteiger partial charge in [0.2, 0.25) is 5.88 Å². The molecule has 2 rings (SSSR count).